The number of ether oxygens (including phenoxy) is 2. The predicted octanol–water partition coefficient (Wildman–Crippen LogP) is 4.04. The zero-order valence-electron chi connectivity index (χ0n) is 18.9. The molecule has 2 atom stereocenters. The molecular weight excluding hydrogens is 437 g/mol. The molecule has 0 N–H and O–H groups in total. The fraction of sp³-hybridized carbons (Fsp3) is 0.222. The molecule has 174 valence electrons. The monoisotopic (exact) mass is 461 g/mol. The van der Waals surface area contributed by atoms with Crippen LogP contribution in [0.4, 0.5) is 4.39 Å². The Morgan fingerprint density at radius 2 is 1.59 bits per heavy atom. The number of ketones is 2. The van der Waals surface area contributed by atoms with E-state index in [1.54, 1.807) is 60.7 Å². The van der Waals surface area contributed by atoms with Crippen molar-refractivity contribution in [3.05, 3.63) is 95.3 Å². The molecular formula is C27H24FNO5. The summed E-state index contributed by atoms with van der Waals surface area (Å²) < 4.78 is 23.9. The summed E-state index contributed by atoms with van der Waals surface area (Å²) in [6, 6.07) is 18.6. The number of carbonyl (C=O) groups is 3. The van der Waals surface area contributed by atoms with Crippen LogP contribution in [0.15, 0.2) is 72.8 Å². The molecule has 7 heteroatoms. The summed E-state index contributed by atoms with van der Waals surface area (Å²) in [4.78, 5) is 41.2. The summed E-state index contributed by atoms with van der Waals surface area (Å²) in [5, 5.41) is 0. The van der Waals surface area contributed by atoms with E-state index in [0.717, 1.165) is 5.56 Å². The van der Waals surface area contributed by atoms with Gasteiger partial charge in [0.1, 0.15) is 23.2 Å². The molecule has 0 radical (unpaired) electrons. The third-order valence-electron chi connectivity index (χ3n) is 6.07. The maximum Gasteiger partial charge on any atom is 0.291 e. The predicted molar refractivity (Wildman–Crippen MR) is 123 cm³/mol. The molecule has 2 unspecified atom stereocenters. The van der Waals surface area contributed by atoms with Gasteiger partial charge in [0.05, 0.1) is 20.3 Å². The van der Waals surface area contributed by atoms with E-state index in [2.05, 4.69) is 0 Å². The summed E-state index contributed by atoms with van der Waals surface area (Å²) in [6.07, 6.45) is 0.397. The van der Waals surface area contributed by atoms with Crippen LogP contribution >= 0.6 is 0 Å². The Morgan fingerprint density at radius 1 is 0.912 bits per heavy atom. The van der Waals surface area contributed by atoms with E-state index in [-0.39, 0.29) is 12.4 Å². The Hall–Kier alpha value is -4.00. The topological polar surface area (TPSA) is 72.9 Å². The lowest BCUT2D eigenvalue weighted by atomic mass is 9.86. The van der Waals surface area contributed by atoms with Crippen LogP contribution < -0.4 is 9.47 Å². The van der Waals surface area contributed by atoms with Crippen LogP contribution in [0.3, 0.4) is 0 Å². The van der Waals surface area contributed by atoms with Crippen molar-refractivity contribution in [2.45, 2.75) is 12.5 Å². The average molecular weight is 461 g/mol. The SMILES string of the molecule is COc1ccc(C(=O)C2C(=O)C(=O)N(CCc3ccc(F)cc3)C2c2ccccc2OC)cc1. The van der Waals surface area contributed by atoms with Gasteiger partial charge in [-0.15, -0.1) is 0 Å². The molecule has 0 bridgehead atoms. The van der Waals surface area contributed by atoms with Gasteiger partial charge in [0.25, 0.3) is 5.91 Å². The van der Waals surface area contributed by atoms with Crippen molar-refractivity contribution >= 4 is 17.5 Å². The molecule has 0 saturated carbocycles. The number of likely N-dealkylation sites (tertiary alicyclic amines) is 1. The third kappa shape index (κ3) is 4.41. The van der Waals surface area contributed by atoms with Crippen LogP contribution in [0.25, 0.3) is 0 Å². The van der Waals surface area contributed by atoms with Crippen molar-refractivity contribution in [1.82, 2.24) is 4.90 Å². The molecule has 0 aromatic heterocycles. The van der Waals surface area contributed by atoms with Crippen LogP contribution in [0.5, 0.6) is 11.5 Å². The Kier molecular flexibility index (Phi) is 6.72. The highest BCUT2D eigenvalue weighted by molar-refractivity contribution is 6.44. The molecule has 34 heavy (non-hydrogen) atoms. The van der Waals surface area contributed by atoms with E-state index < -0.39 is 29.4 Å². The number of amides is 1. The highest BCUT2D eigenvalue weighted by Crippen LogP contribution is 2.41. The maximum atomic E-state index is 13.5. The van der Waals surface area contributed by atoms with Crippen LogP contribution in [0.1, 0.15) is 27.5 Å². The van der Waals surface area contributed by atoms with Gasteiger partial charge in [0.2, 0.25) is 5.78 Å². The number of Topliss-reactive ketones (excluding diaryl/α,β-unsaturated/α-hetero) is 2. The Bertz CT molecular complexity index is 1210. The number of benzene rings is 3. The summed E-state index contributed by atoms with van der Waals surface area (Å²) in [6.45, 7) is 0.186. The Morgan fingerprint density at radius 3 is 2.24 bits per heavy atom. The summed E-state index contributed by atoms with van der Waals surface area (Å²) in [5.41, 5.74) is 1.70. The molecule has 3 aromatic carbocycles. The first-order chi connectivity index (χ1) is 16.4. The molecule has 6 nitrogen and oxygen atoms in total. The first-order valence-corrected chi connectivity index (χ1v) is 10.8. The van der Waals surface area contributed by atoms with Crippen molar-refractivity contribution in [2.75, 3.05) is 20.8 Å². The smallest absolute Gasteiger partial charge is 0.291 e. The molecule has 4 rings (SSSR count). The van der Waals surface area contributed by atoms with Crippen LogP contribution in [-0.2, 0) is 16.0 Å². The summed E-state index contributed by atoms with van der Waals surface area (Å²) in [7, 11) is 3.02. The zero-order chi connectivity index (χ0) is 24.2. The van der Waals surface area contributed by atoms with E-state index in [1.807, 2.05) is 0 Å². The quantitative estimate of drug-likeness (QED) is 0.288. The van der Waals surface area contributed by atoms with Gasteiger partial charge in [-0.2, -0.15) is 0 Å². The van der Waals surface area contributed by atoms with Crippen LogP contribution in [-0.4, -0.2) is 43.1 Å². The molecule has 1 aliphatic heterocycles. The van der Waals surface area contributed by atoms with E-state index in [9.17, 15) is 18.8 Å². The van der Waals surface area contributed by atoms with Crippen molar-refractivity contribution < 1.29 is 28.2 Å². The van der Waals surface area contributed by atoms with Gasteiger partial charge in [-0.05, 0) is 54.4 Å². The lowest BCUT2D eigenvalue weighted by Crippen LogP contribution is -2.32. The van der Waals surface area contributed by atoms with Gasteiger partial charge >= 0.3 is 0 Å². The van der Waals surface area contributed by atoms with E-state index in [4.69, 9.17) is 9.47 Å². The van der Waals surface area contributed by atoms with E-state index in [0.29, 0.717) is 29.0 Å². The standard InChI is InChI=1S/C27H24FNO5/c1-33-20-13-9-18(10-14-20)25(30)23-24(21-5-3-4-6-22(21)34-2)29(27(32)26(23)31)16-15-17-7-11-19(28)12-8-17/h3-14,23-24H,15-16H2,1-2H3. The highest BCUT2D eigenvalue weighted by atomic mass is 19.1. The molecule has 3 aromatic rings. The van der Waals surface area contributed by atoms with Crippen molar-refractivity contribution in [3.63, 3.8) is 0 Å². The van der Waals surface area contributed by atoms with Gasteiger partial charge in [-0.1, -0.05) is 30.3 Å². The van der Waals surface area contributed by atoms with E-state index >= 15 is 0 Å². The van der Waals surface area contributed by atoms with Crippen LogP contribution in [0.2, 0.25) is 0 Å². The number of halogens is 1. The fourth-order valence-electron chi connectivity index (χ4n) is 4.32. The number of methoxy groups -OCH3 is 2. The first-order valence-electron chi connectivity index (χ1n) is 10.8. The van der Waals surface area contributed by atoms with Gasteiger partial charge < -0.3 is 14.4 Å². The van der Waals surface area contributed by atoms with Gasteiger partial charge in [-0.3, -0.25) is 14.4 Å². The average Bonchev–Trinajstić information content (AvgIpc) is 3.12. The van der Waals surface area contributed by atoms with Crippen molar-refractivity contribution in [3.8, 4) is 11.5 Å². The van der Waals surface area contributed by atoms with Gasteiger partial charge in [0, 0.05) is 17.7 Å². The van der Waals surface area contributed by atoms with E-state index in [1.165, 1.54) is 31.3 Å². The lowest BCUT2D eigenvalue weighted by Gasteiger charge is -2.28. The maximum absolute atomic E-state index is 13.5. The summed E-state index contributed by atoms with van der Waals surface area (Å²) >= 11 is 0. The largest absolute Gasteiger partial charge is 0.497 e. The zero-order valence-corrected chi connectivity index (χ0v) is 18.9. The minimum atomic E-state index is -1.22. The molecule has 0 aliphatic carbocycles. The number of hydrogen-bond acceptors (Lipinski definition) is 5. The van der Waals surface area contributed by atoms with Crippen molar-refractivity contribution in [2.24, 2.45) is 5.92 Å². The minimum absolute atomic E-state index is 0.186. The first kappa shape index (κ1) is 23.2. The Labute approximate surface area is 196 Å². The lowest BCUT2D eigenvalue weighted by molar-refractivity contribution is -0.140. The molecule has 1 heterocycles. The van der Waals surface area contributed by atoms with Crippen LogP contribution in [0, 0.1) is 11.7 Å². The molecule has 1 amide bonds. The summed E-state index contributed by atoms with van der Waals surface area (Å²) in [5.74, 6) is -2.43. The molecule has 1 aliphatic rings. The van der Waals surface area contributed by atoms with Gasteiger partial charge in [0.15, 0.2) is 5.78 Å². The number of hydrogen-bond donors (Lipinski definition) is 0. The number of rotatable bonds is 8. The van der Waals surface area contributed by atoms with Crippen molar-refractivity contribution in [1.29, 1.82) is 0 Å². The minimum Gasteiger partial charge on any atom is -0.497 e. The molecule has 1 fully saturated rings. The second-order valence-corrected chi connectivity index (χ2v) is 8.00. The second-order valence-electron chi connectivity index (χ2n) is 8.00. The number of nitrogens with zero attached hydrogens (tertiary/aromatic N) is 1. The molecule has 0 spiro atoms. The normalized spacial score (nSPS) is 17.7. The highest BCUT2D eigenvalue weighted by Gasteiger charge is 2.52. The second kappa shape index (κ2) is 9.87. The number of para-hydroxylation sites is 1. The molecule has 1 saturated heterocycles. The fourth-order valence-corrected chi connectivity index (χ4v) is 4.32. The van der Waals surface area contributed by atoms with Gasteiger partial charge in [-0.25, -0.2) is 4.39 Å². The third-order valence-corrected chi connectivity index (χ3v) is 6.07. The Balaban J connectivity index is 1.72. The number of carbonyl (C=O) groups excluding carboxylic acids is 3.